The first kappa shape index (κ1) is 31.7. The summed E-state index contributed by atoms with van der Waals surface area (Å²) in [5.41, 5.74) is 15.3. The average Bonchev–Trinajstić information content (AvgIpc) is 3.89. The van der Waals surface area contributed by atoms with Crippen molar-refractivity contribution in [2.75, 3.05) is 0 Å². The van der Waals surface area contributed by atoms with E-state index in [1.807, 2.05) is 0 Å². The van der Waals surface area contributed by atoms with Crippen LogP contribution in [0.3, 0.4) is 0 Å². The molecular formula is C47H52SiTi. The average molecular weight is 693 g/mol. The number of hydrogen-bond acceptors (Lipinski definition) is 0. The van der Waals surface area contributed by atoms with E-state index in [4.69, 9.17) is 0 Å². The zero-order valence-electron chi connectivity index (χ0n) is 30.4. The van der Waals surface area contributed by atoms with E-state index in [0.717, 1.165) is 12.8 Å². The summed E-state index contributed by atoms with van der Waals surface area (Å²) < 4.78 is 7.60. The number of benzene rings is 5. The Morgan fingerprint density at radius 2 is 1.02 bits per heavy atom. The number of rotatable bonds is 7. The van der Waals surface area contributed by atoms with Crippen molar-refractivity contribution in [1.29, 1.82) is 0 Å². The summed E-state index contributed by atoms with van der Waals surface area (Å²) in [6.45, 7) is 9.85. The van der Waals surface area contributed by atoms with Gasteiger partial charge in [0.1, 0.15) is 0 Å². The number of hydrogen-bond donors (Lipinski definition) is 0. The zero-order valence-corrected chi connectivity index (χ0v) is 33.4. The Kier molecular flexibility index (Phi) is 6.32. The van der Waals surface area contributed by atoms with Crippen LogP contribution in [-0.2, 0) is 36.2 Å². The van der Waals surface area contributed by atoms with E-state index in [2.05, 4.69) is 132 Å². The van der Waals surface area contributed by atoms with Crippen molar-refractivity contribution in [3.05, 3.63) is 135 Å². The normalized spacial score (nSPS) is 17.3. The summed E-state index contributed by atoms with van der Waals surface area (Å²) in [6, 6.07) is 31.9. The van der Waals surface area contributed by atoms with Crippen LogP contribution in [0, 0.1) is 0 Å². The molecular weight excluding hydrogens is 640 g/mol. The first-order chi connectivity index (χ1) is 23.5. The van der Waals surface area contributed by atoms with Gasteiger partial charge in [-0.2, -0.15) is 0 Å². The van der Waals surface area contributed by atoms with Crippen LogP contribution >= 0.6 is 0 Å². The van der Waals surface area contributed by atoms with E-state index in [1.54, 1.807) is 33.7 Å². The molecule has 5 aromatic carbocycles. The van der Waals surface area contributed by atoms with E-state index >= 15 is 0 Å². The van der Waals surface area contributed by atoms with Gasteiger partial charge >= 0.3 is 292 Å². The maximum atomic E-state index is 2.97. The second-order valence-corrected chi connectivity index (χ2v) is 47.8. The predicted molar refractivity (Wildman–Crippen MR) is 218 cm³/mol. The molecule has 2 heteroatoms. The van der Waals surface area contributed by atoms with Crippen LogP contribution < -0.4 is 3.87 Å². The van der Waals surface area contributed by atoms with Crippen LogP contribution in [0.1, 0.15) is 97.9 Å². The van der Waals surface area contributed by atoms with Gasteiger partial charge in [-0.1, -0.05) is 0 Å². The van der Waals surface area contributed by atoms with Gasteiger partial charge in [-0.3, -0.25) is 0 Å². The Morgan fingerprint density at radius 3 is 1.47 bits per heavy atom. The fraction of sp³-hybridized carbons (Fsp3) is 0.319. The van der Waals surface area contributed by atoms with Crippen molar-refractivity contribution in [3.63, 3.8) is 0 Å². The van der Waals surface area contributed by atoms with Crippen LogP contribution in [0.5, 0.6) is 0 Å². The SMILES string of the molecule is CCC[CH2][Ti]([CH3])(=[SiH2])([CH2]CCC)(=[C]1C(C)=Cc2c1cc1c3c(cccc23)CC1)(=[C]1C(C)=Cc2c1cc1c3c(cccc23)CC1)[c]1ccccc1. The molecule has 9 rings (SSSR count). The van der Waals surface area contributed by atoms with Gasteiger partial charge in [0, 0.05) is 0 Å². The second-order valence-electron chi connectivity index (χ2n) is 18.2. The molecule has 5 aromatic rings. The molecule has 0 heterocycles. The van der Waals surface area contributed by atoms with Crippen molar-refractivity contribution in [2.24, 2.45) is 0 Å². The summed E-state index contributed by atoms with van der Waals surface area (Å²) in [4.78, 5) is 0. The standard InChI is InChI=1S/2C16H12.C6H5.2C4H9.CH3.H2Si.Ti/c2*1-10-7-13-9-12-6-5-11-3-2-4-14(16(11)12)15(13)8-10;1-2-4-6-5-3-1;2*1-3-4-2;;;/h2*2-4,8-9H,5-6H2,1H3;1-5H;2*1,3-4H2,2H3;1H3;1H2;. The summed E-state index contributed by atoms with van der Waals surface area (Å²) in [7, 11) is -2.94. The fourth-order valence-electron chi connectivity index (χ4n) is 13.3. The van der Waals surface area contributed by atoms with E-state index in [9.17, 15) is 0 Å². The Bertz CT molecular complexity index is 2630. The van der Waals surface area contributed by atoms with Gasteiger partial charge in [0.2, 0.25) is 0 Å². The molecule has 248 valence electrons. The molecule has 0 spiro atoms. The third-order valence-electron chi connectivity index (χ3n) is 15.2. The van der Waals surface area contributed by atoms with E-state index in [-0.39, 0.29) is 0 Å². The molecule has 0 aromatic heterocycles. The molecule has 0 aliphatic heterocycles. The van der Waals surface area contributed by atoms with E-state index in [0.29, 0.717) is 0 Å². The number of fused-ring (bicyclic) bond motifs is 4. The van der Waals surface area contributed by atoms with Gasteiger partial charge in [-0.05, 0) is 0 Å². The predicted octanol–water partition coefficient (Wildman–Crippen LogP) is 10.9. The van der Waals surface area contributed by atoms with Crippen LogP contribution in [0.4, 0.5) is 0 Å². The molecule has 4 aliphatic carbocycles. The van der Waals surface area contributed by atoms with Crippen molar-refractivity contribution in [2.45, 2.75) is 93.7 Å². The molecule has 0 saturated heterocycles. The maximum absolute atomic E-state index is 5.53. The monoisotopic (exact) mass is 692 g/mol. The van der Waals surface area contributed by atoms with Crippen molar-refractivity contribution in [1.82, 2.24) is 0 Å². The molecule has 0 saturated carbocycles. The number of unbranched alkanes of at least 4 members (excludes halogenated alkanes) is 2. The molecule has 0 amide bonds. The zero-order chi connectivity index (χ0) is 33.9. The molecule has 0 nitrogen and oxygen atoms in total. The minimum absolute atomic E-state index is 1.16. The van der Waals surface area contributed by atoms with Crippen LogP contribution in [0.15, 0.2) is 90.0 Å². The summed E-state index contributed by atoms with van der Waals surface area (Å²) in [5.74, 6) is 0. The topological polar surface area (TPSA) is 0 Å². The number of aryl methyl sites for hydroxylation is 4. The van der Waals surface area contributed by atoms with Gasteiger partial charge in [0.05, 0.1) is 0 Å². The van der Waals surface area contributed by atoms with Crippen LogP contribution in [-0.4, -0.2) is 15.3 Å². The van der Waals surface area contributed by atoms with Crippen molar-refractivity contribution >= 4 is 52.8 Å². The summed E-state index contributed by atoms with van der Waals surface area (Å²) >= 11 is 0. The molecule has 49 heavy (non-hydrogen) atoms. The third-order valence-corrected chi connectivity index (χ3v) is 42.6. The van der Waals surface area contributed by atoms with Gasteiger partial charge in [0.25, 0.3) is 0 Å². The second kappa shape index (κ2) is 9.76. The molecule has 0 atom stereocenters. The first-order valence-corrected chi connectivity index (χ1v) is 29.5. The van der Waals surface area contributed by atoms with Crippen LogP contribution in [0.2, 0.25) is 14.7 Å². The molecule has 0 unspecified atom stereocenters. The van der Waals surface area contributed by atoms with Crippen molar-refractivity contribution < 1.29 is 10.6 Å². The fourth-order valence-corrected chi connectivity index (χ4v) is 41.7. The quantitative estimate of drug-likeness (QED) is 0.149. The van der Waals surface area contributed by atoms with E-state index < -0.39 is 10.6 Å². The van der Waals surface area contributed by atoms with Crippen molar-refractivity contribution in [3.8, 4) is 0 Å². The van der Waals surface area contributed by atoms with Gasteiger partial charge in [0.15, 0.2) is 0 Å². The molecule has 0 fully saturated rings. The first-order valence-electron chi connectivity index (χ1n) is 19.3. The molecule has 0 radical (unpaired) electrons. The third kappa shape index (κ3) is 3.60. The van der Waals surface area contributed by atoms with Gasteiger partial charge in [-0.15, -0.1) is 0 Å². The Balaban J connectivity index is 1.68. The Hall–Kier alpha value is -3.23. The van der Waals surface area contributed by atoms with E-state index in [1.165, 1.54) is 103 Å². The minimum atomic E-state index is -5.53. The number of allylic oxidation sites excluding steroid dienone is 2. The summed E-state index contributed by atoms with van der Waals surface area (Å²) in [6.07, 6.45) is 14.8. The van der Waals surface area contributed by atoms with Crippen LogP contribution in [0.25, 0.3) is 33.7 Å². The Morgan fingerprint density at radius 1 is 0.571 bits per heavy atom. The summed E-state index contributed by atoms with van der Waals surface area (Å²) in [5, 5.41) is 9.01. The molecule has 0 N–H and O–H groups in total. The van der Waals surface area contributed by atoms with Gasteiger partial charge in [-0.25, -0.2) is 0 Å². The molecule has 0 bridgehead atoms. The molecule has 4 aliphatic rings. The van der Waals surface area contributed by atoms with Gasteiger partial charge < -0.3 is 0 Å². The Labute approximate surface area is 289 Å².